The summed E-state index contributed by atoms with van der Waals surface area (Å²) in [6.07, 6.45) is 1.02. The van der Waals surface area contributed by atoms with E-state index in [2.05, 4.69) is 29.5 Å². The summed E-state index contributed by atoms with van der Waals surface area (Å²) in [6.45, 7) is 2.80. The molecule has 2 nitrogen and oxygen atoms in total. The fourth-order valence-electron chi connectivity index (χ4n) is 0.640. The van der Waals surface area contributed by atoms with Crippen LogP contribution in [0.3, 0.4) is 0 Å². The van der Waals surface area contributed by atoms with Gasteiger partial charge in [-0.15, -0.1) is 0 Å². The first-order valence-corrected chi connectivity index (χ1v) is 3.98. The zero-order chi connectivity index (χ0) is 5.98. The van der Waals surface area contributed by atoms with Gasteiger partial charge in [0.1, 0.15) is 4.11 Å². The van der Waals surface area contributed by atoms with Crippen molar-refractivity contribution in [3.8, 4) is 0 Å². The van der Waals surface area contributed by atoms with E-state index in [1.807, 2.05) is 0 Å². The maximum absolute atomic E-state index is 5.27. The van der Waals surface area contributed by atoms with E-state index in [1.165, 1.54) is 0 Å². The second-order valence-corrected chi connectivity index (χ2v) is 3.11. The average Bonchev–Trinajstić information content (AvgIpc) is 2.14. The van der Waals surface area contributed by atoms with E-state index < -0.39 is 0 Å². The molecule has 1 heterocycles. The minimum Gasteiger partial charge on any atom is -0.349 e. The standard InChI is InChI=1S/C5H9IO2/c1-2-5-7-3-4(6)8-5/h4-5H,2-3H2,1H3/t4-,5-/m0/s1. The Balaban J connectivity index is 2.22. The fraction of sp³-hybridized carbons (Fsp3) is 1.00. The van der Waals surface area contributed by atoms with Gasteiger partial charge in [-0.25, -0.2) is 0 Å². The third-order valence-corrected chi connectivity index (χ3v) is 1.70. The van der Waals surface area contributed by atoms with Gasteiger partial charge >= 0.3 is 0 Å². The molecule has 0 bridgehead atoms. The fourth-order valence-corrected chi connectivity index (χ4v) is 1.18. The molecular formula is C5H9IO2. The smallest absolute Gasteiger partial charge is 0.159 e. The molecule has 0 unspecified atom stereocenters. The van der Waals surface area contributed by atoms with Gasteiger partial charge in [0.05, 0.1) is 6.61 Å². The molecule has 1 fully saturated rings. The van der Waals surface area contributed by atoms with Crippen molar-refractivity contribution in [3.05, 3.63) is 0 Å². The molecule has 1 saturated heterocycles. The Labute approximate surface area is 62.7 Å². The number of hydrogen-bond donors (Lipinski definition) is 0. The number of alkyl halides is 1. The summed E-state index contributed by atoms with van der Waals surface area (Å²) in [4.78, 5) is 0. The van der Waals surface area contributed by atoms with Crippen LogP contribution in [-0.4, -0.2) is 17.0 Å². The average molecular weight is 228 g/mol. The van der Waals surface area contributed by atoms with Crippen molar-refractivity contribution in [2.24, 2.45) is 0 Å². The Morgan fingerprint density at radius 2 is 2.50 bits per heavy atom. The van der Waals surface area contributed by atoms with E-state index in [0.29, 0.717) is 0 Å². The molecule has 3 heteroatoms. The summed E-state index contributed by atoms with van der Waals surface area (Å²) in [5, 5.41) is 0. The van der Waals surface area contributed by atoms with E-state index in [4.69, 9.17) is 9.47 Å². The van der Waals surface area contributed by atoms with Crippen LogP contribution >= 0.6 is 22.6 Å². The van der Waals surface area contributed by atoms with Crippen LogP contribution < -0.4 is 0 Å². The SMILES string of the molecule is CC[C@H]1OC[C@@H](I)O1. The minimum absolute atomic E-state index is 0.0666. The first kappa shape index (κ1) is 6.77. The normalized spacial score (nSPS) is 38.2. The second kappa shape index (κ2) is 2.98. The third kappa shape index (κ3) is 1.56. The first-order chi connectivity index (χ1) is 3.83. The van der Waals surface area contributed by atoms with Crippen molar-refractivity contribution in [3.63, 3.8) is 0 Å². The molecule has 0 spiro atoms. The van der Waals surface area contributed by atoms with Crippen molar-refractivity contribution < 1.29 is 9.47 Å². The molecule has 0 aliphatic carbocycles. The monoisotopic (exact) mass is 228 g/mol. The molecule has 0 N–H and O–H groups in total. The van der Waals surface area contributed by atoms with Gasteiger partial charge in [0.25, 0.3) is 0 Å². The summed E-state index contributed by atoms with van der Waals surface area (Å²) in [5.74, 6) is 0. The van der Waals surface area contributed by atoms with Gasteiger partial charge in [-0.2, -0.15) is 0 Å². The Kier molecular flexibility index (Phi) is 2.52. The van der Waals surface area contributed by atoms with Crippen molar-refractivity contribution >= 4 is 22.6 Å². The Bertz CT molecular complexity index is 76.8. The van der Waals surface area contributed by atoms with Gasteiger partial charge in [-0.05, 0) is 29.0 Å². The number of halogens is 1. The van der Waals surface area contributed by atoms with Crippen LogP contribution in [-0.2, 0) is 9.47 Å². The molecule has 8 heavy (non-hydrogen) atoms. The van der Waals surface area contributed by atoms with E-state index in [-0.39, 0.29) is 10.4 Å². The lowest BCUT2D eigenvalue weighted by Crippen LogP contribution is -2.05. The van der Waals surface area contributed by atoms with Crippen molar-refractivity contribution in [1.82, 2.24) is 0 Å². The van der Waals surface area contributed by atoms with Gasteiger partial charge < -0.3 is 9.47 Å². The quantitative estimate of drug-likeness (QED) is 0.500. The van der Waals surface area contributed by atoms with Gasteiger partial charge in [0.2, 0.25) is 0 Å². The lowest BCUT2D eigenvalue weighted by Gasteiger charge is -2.02. The van der Waals surface area contributed by atoms with Crippen LogP contribution in [0.5, 0.6) is 0 Å². The van der Waals surface area contributed by atoms with E-state index in [1.54, 1.807) is 0 Å². The van der Waals surface area contributed by atoms with E-state index in [9.17, 15) is 0 Å². The number of ether oxygens (including phenoxy) is 2. The molecule has 0 radical (unpaired) electrons. The largest absolute Gasteiger partial charge is 0.349 e. The maximum Gasteiger partial charge on any atom is 0.159 e. The lowest BCUT2D eigenvalue weighted by atomic mass is 10.5. The molecular weight excluding hydrogens is 219 g/mol. The molecule has 1 aliphatic rings. The highest BCUT2D eigenvalue weighted by Gasteiger charge is 2.20. The highest BCUT2D eigenvalue weighted by Crippen LogP contribution is 2.18. The molecule has 1 rings (SSSR count). The molecule has 0 amide bonds. The highest BCUT2D eigenvalue weighted by molar-refractivity contribution is 14.1. The molecule has 0 aromatic rings. The van der Waals surface area contributed by atoms with Gasteiger partial charge in [0.15, 0.2) is 6.29 Å². The topological polar surface area (TPSA) is 18.5 Å². The molecule has 48 valence electrons. The third-order valence-electron chi connectivity index (χ3n) is 1.05. The molecule has 1 aliphatic heterocycles. The predicted octanol–water partition coefficient (Wildman–Crippen LogP) is 1.53. The van der Waals surface area contributed by atoms with Crippen molar-refractivity contribution in [1.29, 1.82) is 0 Å². The Morgan fingerprint density at radius 1 is 1.75 bits per heavy atom. The van der Waals surface area contributed by atoms with Crippen LogP contribution in [0.15, 0.2) is 0 Å². The van der Waals surface area contributed by atoms with Crippen molar-refractivity contribution in [2.75, 3.05) is 6.61 Å². The van der Waals surface area contributed by atoms with Crippen LogP contribution in [0.4, 0.5) is 0 Å². The Hall–Kier alpha value is 0.650. The summed E-state index contributed by atoms with van der Waals surface area (Å²) >= 11 is 2.22. The summed E-state index contributed by atoms with van der Waals surface area (Å²) in [6, 6.07) is 0. The van der Waals surface area contributed by atoms with E-state index >= 15 is 0 Å². The predicted molar refractivity (Wildman–Crippen MR) is 38.9 cm³/mol. The number of hydrogen-bond acceptors (Lipinski definition) is 2. The zero-order valence-electron chi connectivity index (χ0n) is 4.76. The maximum atomic E-state index is 5.27. The Morgan fingerprint density at radius 3 is 2.75 bits per heavy atom. The van der Waals surface area contributed by atoms with Crippen LogP contribution in [0.25, 0.3) is 0 Å². The van der Waals surface area contributed by atoms with Gasteiger partial charge in [0, 0.05) is 0 Å². The van der Waals surface area contributed by atoms with Crippen LogP contribution in [0, 0.1) is 0 Å². The van der Waals surface area contributed by atoms with Crippen molar-refractivity contribution in [2.45, 2.75) is 23.7 Å². The second-order valence-electron chi connectivity index (χ2n) is 1.72. The number of rotatable bonds is 1. The lowest BCUT2D eigenvalue weighted by molar-refractivity contribution is -0.0452. The highest BCUT2D eigenvalue weighted by atomic mass is 127. The summed E-state index contributed by atoms with van der Waals surface area (Å²) in [7, 11) is 0. The molecule has 0 aromatic heterocycles. The minimum atomic E-state index is 0.0666. The molecule has 2 atom stereocenters. The first-order valence-electron chi connectivity index (χ1n) is 2.74. The molecule has 0 aromatic carbocycles. The summed E-state index contributed by atoms with van der Waals surface area (Å²) < 4.78 is 10.7. The van der Waals surface area contributed by atoms with Crippen LogP contribution in [0.1, 0.15) is 13.3 Å². The van der Waals surface area contributed by atoms with Gasteiger partial charge in [-0.1, -0.05) is 6.92 Å². The van der Waals surface area contributed by atoms with Crippen LogP contribution in [0.2, 0.25) is 0 Å². The zero-order valence-corrected chi connectivity index (χ0v) is 6.92. The van der Waals surface area contributed by atoms with E-state index in [0.717, 1.165) is 13.0 Å². The van der Waals surface area contributed by atoms with Gasteiger partial charge in [-0.3, -0.25) is 0 Å². The molecule has 0 saturated carbocycles. The summed E-state index contributed by atoms with van der Waals surface area (Å²) in [5.41, 5.74) is 0.